The number of rotatable bonds is 3. The Labute approximate surface area is 126 Å². The van der Waals surface area contributed by atoms with Crippen LogP contribution in [0.15, 0.2) is 30.3 Å². The molecule has 1 saturated heterocycles. The number of benzene rings is 1. The maximum Gasteiger partial charge on any atom is 0.164 e. The first kappa shape index (κ1) is 15.0. The van der Waals surface area contributed by atoms with Gasteiger partial charge in [-0.25, -0.2) is 0 Å². The van der Waals surface area contributed by atoms with Gasteiger partial charge in [-0.2, -0.15) is 0 Å². The summed E-state index contributed by atoms with van der Waals surface area (Å²) in [4.78, 5) is 0. The molecule has 0 bridgehead atoms. The van der Waals surface area contributed by atoms with Crippen LogP contribution in [0, 0.1) is 0 Å². The van der Waals surface area contributed by atoms with Crippen LogP contribution in [-0.4, -0.2) is 35.3 Å². The maximum atomic E-state index is 10.2. The second kappa shape index (κ2) is 5.06. The van der Waals surface area contributed by atoms with Crippen LogP contribution in [0.2, 0.25) is 0 Å². The number of hydrogen-bond donors (Lipinski definition) is 1. The standard InChI is InChI=1S/C17H24O4/c1-16(2,11-8-6-5-7-9-11)19-13-10-12(18)14-15(13)21-17(3,4)20-14/h5-9,12-15,18H,10H2,1-4H3. The number of aliphatic hydroxyl groups is 1. The molecule has 0 aromatic heterocycles. The molecule has 0 radical (unpaired) electrons. The van der Waals surface area contributed by atoms with Crippen LogP contribution >= 0.6 is 0 Å². The zero-order valence-corrected chi connectivity index (χ0v) is 13.1. The van der Waals surface area contributed by atoms with Crippen LogP contribution in [0.5, 0.6) is 0 Å². The van der Waals surface area contributed by atoms with E-state index in [1.54, 1.807) is 0 Å². The Hall–Kier alpha value is -0.940. The third-order valence-corrected chi connectivity index (χ3v) is 4.30. The second-order valence-electron chi connectivity index (χ2n) is 6.90. The number of aliphatic hydroxyl groups excluding tert-OH is 1. The monoisotopic (exact) mass is 292 g/mol. The third-order valence-electron chi connectivity index (χ3n) is 4.30. The largest absolute Gasteiger partial charge is 0.390 e. The molecule has 1 aliphatic heterocycles. The van der Waals surface area contributed by atoms with Crippen molar-refractivity contribution in [2.75, 3.05) is 0 Å². The molecule has 4 heteroatoms. The van der Waals surface area contributed by atoms with E-state index < -0.39 is 17.5 Å². The van der Waals surface area contributed by atoms with Gasteiger partial charge in [0.2, 0.25) is 0 Å². The summed E-state index contributed by atoms with van der Waals surface area (Å²) in [6.45, 7) is 7.83. The van der Waals surface area contributed by atoms with Gasteiger partial charge in [-0.3, -0.25) is 0 Å². The summed E-state index contributed by atoms with van der Waals surface area (Å²) in [5.41, 5.74) is 0.678. The highest BCUT2D eigenvalue weighted by Crippen LogP contribution is 2.42. The van der Waals surface area contributed by atoms with Gasteiger partial charge < -0.3 is 19.3 Å². The summed E-state index contributed by atoms with van der Waals surface area (Å²) in [7, 11) is 0. The molecule has 4 atom stereocenters. The number of ether oxygens (including phenoxy) is 3. The molecular weight excluding hydrogens is 268 g/mol. The molecule has 2 fully saturated rings. The molecular formula is C17H24O4. The van der Waals surface area contributed by atoms with Crippen molar-refractivity contribution in [3.05, 3.63) is 35.9 Å². The Balaban J connectivity index is 1.76. The average molecular weight is 292 g/mol. The van der Waals surface area contributed by atoms with Crippen LogP contribution in [0.1, 0.15) is 39.7 Å². The van der Waals surface area contributed by atoms with Crippen molar-refractivity contribution in [3.63, 3.8) is 0 Å². The Bertz CT molecular complexity index is 497. The van der Waals surface area contributed by atoms with E-state index in [9.17, 15) is 5.11 Å². The van der Waals surface area contributed by atoms with E-state index in [0.717, 1.165) is 5.56 Å². The molecule has 0 spiro atoms. The lowest BCUT2D eigenvalue weighted by Gasteiger charge is -2.32. The summed E-state index contributed by atoms with van der Waals surface area (Å²) in [5.74, 6) is -0.658. The van der Waals surface area contributed by atoms with E-state index >= 15 is 0 Å². The van der Waals surface area contributed by atoms with Gasteiger partial charge in [0.25, 0.3) is 0 Å². The van der Waals surface area contributed by atoms with Gasteiger partial charge in [-0.15, -0.1) is 0 Å². The molecule has 1 heterocycles. The normalized spacial score (nSPS) is 34.9. The van der Waals surface area contributed by atoms with E-state index in [1.165, 1.54) is 0 Å². The lowest BCUT2D eigenvalue weighted by atomic mass is 9.97. The predicted octanol–water partition coefficient (Wildman–Crippen LogP) is 2.59. The van der Waals surface area contributed by atoms with Crippen LogP contribution in [-0.2, 0) is 19.8 Å². The maximum absolute atomic E-state index is 10.2. The minimum absolute atomic E-state index is 0.165. The van der Waals surface area contributed by atoms with Gasteiger partial charge in [-0.1, -0.05) is 30.3 Å². The quantitative estimate of drug-likeness (QED) is 0.930. The first-order valence-electron chi connectivity index (χ1n) is 7.55. The molecule has 1 aliphatic carbocycles. The Kier molecular flexibility index (Phi) is 3.61. The van der Waals surface area contributed by atoms with Crippen LogP contribution in [0.25, 0.3) is 0 Å². The molecule has 116 valence electrons. The first-order valence-corrected chi connectivity index (χ1v) is 7.55. The molecule has 1 aromatic carbocycles. The van der Waals surface area contributed by atoms with Gasteiger partial charge in [0.15, 0.2) is 5.79 Å². The summed E-state index contributed by atoms with van der Waals surface area (Å²) >= 11 is 0. The van der Waals surface area contributed by atoms with E-state index in [-0.39, 0.29) is 18.3 Å². The molecule has 0 amide bonds. The minimum Gasteiger partial charge on any atom is -0.390 e. The van der Waals surface area contributed by atoms with E-state index in [2.05, 4.69) is 12.1 Å². The zero-order chi connectivity index (χ0) is 15.3. The summed E-state index contributed by atoms with van der Waals surface area (Å²) in [6.07, 6.45) is -0.660. The fourth-order valence-electron chi connectivity index (χ4n) is 3.31. The zero-order valence-electron chi connectivity index (χ0n) is 13.1. The summed E-state index contributed by atoms with van der Waals surface area (Å²) in [6, 6.07) is 10.1. The highest BCUT2D eigenvalue weighted by atomic mass is 16.8. The molecule has 1 saturated carbocycles. The first-order chi connectivity index (χ1) is 9.78. The smallest absolute Gasteiger partial charge is 0.164 e. The van der Waals surface area contributed by atoms with Crippen molar-refractivity contribution in [2.24, 2.45) is 0 Å². The molecule has 4 nitrogen and oxygen atoms in total. The number of hydrogen-bond acceptors (Lipinski definition) is 4. The highest BCUT2D eigenvalue weighted by Gasteiger charge is 2.55. The van der Waals surface area contributed by atoms with E-state index in [4.69, 9.17) is 14.2 Å². The SMILES string of the molecule is CC1(C)OC2C(O)CC(OC(C)(C)c3ccccc3)C2O1. The Morgan fingerprint density at radius 3 is 2.43 bits per heavy atom. The van der Waals surface area contributed by atoms with E-state index in [0.29, 0.717) is 6.42 Å². The fourth-order valence-corrected chi connectivity index (χ4v) is 3.31. The van der Waals surface area contributed by atoms with Gasteiger partial charge in [-0.05, 0) is 33.3 Å². The highest BCUT2D eigenvalue weighted by molar-refractivity contribution is 5.21. The number of fused-ring (bicyclic) bond motifs is 1. The third kappa shape index (κ3) is 2.86. The molecule has 2 aliphatic rings. The average Bonchev–Trinajstić information content (AvgIpc) is 2.86. The Morgan fingerprint density at radius 2 is 1.76 bits per heavy atom. The van der Waals surface area contributed by atoms with Crippen molar-refractivity contribution in [1.29, 1.82) is 0 Å². The van der Waals surface area contributed by atoms with Crippen LogP contribution in [0.4, 0.5) is 0 Å². The van der Waals surface area contributed by atoms with Gasteiger partial charge in [0.05, 0.1) is 17.8 Å². The topological polar surface area (TPSA) is 47.9 Å². The van der Waals surface area contributed by atoms with Crippen molar-refractivity contribution in [2.45, 2.75) is 69.9 Å². The lowest BCUT2D eigenvalue weighted by molar-refractivity contribution is -0.188. The summed E-state index contributed by atoms with van der Waals surface area (Å²) in [5, 5.41) is 10.2. The van der Waals surface area contributed by atoms with Crippen molar-refractivity contribution in [3.8, 4) is 0 Å². The molecule has 1 N–H and O–H groups in total. The summed E-state index contributed by atoms with van der Waals surface area (Å²) < 4.78 is 18.0. The molecule has 21 heavy (non-hydrogen) atoms. The van der Waals surface area contributed by atoms with Crippen molar-refractivity contribution >= 4 is 0 Å². The second-order valence-corrected chi connectivity index (χ2v) is 6.90. The fraction of sp³-hybridized carbons (Fsp3) is 0.647. The van der Waals surface area contributed by atoms with Crippen molar-refractivity contribution in [1.82, 2.24) is 0 Å². The molecule has 1 aromatic rings. The van der Waals surface area contributed by atoms with E-state index in [1.807, 2.05) is 45.9 Å². The van der Waals surface area contributed by atoms with Crippen molar-refractivity contribution < 1.29 is 19.3 Å². The minimum atomic E-state index is -0.658. The molecule has 4 unspecified atom stereocenters. The van der Waals surface area contributed by atoms with Gasteiger partial charge >= 0.3 is 0 Å². The van der Waals surface area contributed by atoms with Gasteiger partial charge in [0.1, 0.15) is 12.2 Å². The predicted molar refractivity (Wildman–Crippen MR) is 78.8 cm³/mol. The van der Waals surface area contributed by atoms with Crippen LogP contribution in [0.3, 0.4) is 0 Å². The lowest BCUT2D eigenvalue weighted by Crippen LogP contribution is -2.36. The van der Waals surface area contributed by atoms with Crippen LogP contribution < -0.4 is 0 Å². The molecule has 3 rings (SSSR count). The van der Waals surface area contributed by atoms with Gasteiger partial charge in [0, 0.05) is 6.42 Å². The Morgan fingerprint density at radius 1 is 1.14 bits per heavy atom.